The molecule has 1 aliphatic rings. The molecular formula is C14H18BrF3N2O. The standard InChI is InChI=1S/C14H18BrF3N2O/c15-9-5-8(13(19)12(6-9)14(16,17)18)7-20-10-1-3-11(21)4-2-10/h5-6,10-11,20-21H,1-4,7,19H2/t10-,11-. The van der Waals surface area contributed by atoms with Crippen LogP contribution in [-0.2, 0) is 12.7 Å². The molecule has 0 saturated heterocycles. The molecular weight excluding hydrogens is 349 g/mol. The molecule has 118 valence electrons. The molecule has 0 amide bonds. The monoisotopic (exact) mass is 366 g/mol. The maximum Gasteiger partial charge on any atom is 0.418 e. The molecule has 4 N–H and O–H groups in total. The maximum atomic E-state index is 12.9. The number of anilines is 1. The molecule has 1 saturated carbocycles. The zero-order valence-corrected chi connectivity index (χ0v) is 13.0. The van der Waals surface area contributed by atoms with Crippen molar-refractivity contribution in [3.05, 3.63) is 27.7 Å². The van der Waals surface area contributed by atoms with Crippen molar-refractivity contribution >= 4 is 21.6 Å². The van der Waals surface area contributed by atoms with Crippen molar-refractivity contribution < 1.29 is 18.3 Å². The minimum atomic E-state index is -4.46. The topological polar surface area (TPSA) is 58.3 Å². The Morgan fingerprint density at radius 1 is 1.24 bits per heavy atom. The van der Waals surface area contributed by atoms with Crippen LogP contribution in [0.3, 0.4) is 0 Å². The molecule has 1 aromatic rings. The van der Waals surface area contributed by atoms with Crippen molar-refractivity contribution in [2.75, 3.05) is 5.73 Å². The van der Waals surface area contributed by atoms with Crippen LogP contribution in [0.4, 0.5) is 18.9 Å². The highest BCUT2D eigenvalue weighted by molar-refractivity contribution is 9.10. The Morgan fingerprint density at radius 2 is 1.86 bits per heavy atom. The van der Waals surface area contributed by atoms with E-state index in [1.54, 1.807) is 6.07 Å². The fourth-order valence-electron chi connectivity index (χ4n) is 2.59. The molecule has 1 aromatic carbocycles. The third-order valence-electron chi connectivity index (χ3n) is 3.81. The number of rotatable bonds is 3. The van der Waals surface area contributed by atoms with Gasteiger partial charge in [-0.3, -0.25) is 0 Å². The molecule has 2 rings (SSSR count). The molecule has 0 heterocycles. The van der Waals surface area contributed by atoms with E-state index < -0.39 is 11.7 Å². The summed E-state index contributed by atoms with van der Waals surface area (Å²) in [5.74, 6) is 0. The van der Waals surface area contributed by atoms with E-state index in [1.807, 2.05) is 0 Å². The molecule has 0 atom stereocenters. The van der Waals surface area contributed by atoms with Crippen LogP contribution >= 0.6 is 15.9 Å². The van der Waals surface area contributed by atoms with Crippen LogP contribution in [-0.4, -0.2) is 17.3 Å². The predicted molar refractivity (Wildman–Crippen MR) is 78.7 cm³/mol. The van der Waals surface area contributed by atoms with Gasteiger partial charge in [0.1, 0.15) is 0 Å². The molecule has 0 bridgehead atoms. The van der Waals surface area contributed by atoms with E-state index in [9.17, 15) is 18.3 Å². The summed E-state index contributed by atoms with van der Waals surface area (Å²) < 4.78 is 39.1. The quantitative estimate of drug-likeness (QED) is 0.718. The molecule has 1 aliphatic carbocycles. The zero-order valence-electron chi connectivity index (χ0n) is 11.4. The van der Waals surface area contributed by atoms with Gasteiger partial charge >= 0.3 is 6.18 Å². The van der Waals surface area contributed by atoms with Gasteiger partial charge in [0.2, 0.25) is 0 Å². The van der Waals surface area contributed by atoms with Crippen LogP contribution in [0.25, 0.3) is 0 Å². The van der Waals surface area contributed by atoms with Crippen LogP contribution in [0.15, 0.2) is 16.6 Å². The van der Waals surface area contributed by atoms with Crippen LogP contribution < -0.4 is 11.1 Å². The minimum absolute atomic E-state index is 0.209. The highest BCUT2D eigenvalue weighted by atomic mass is 79.9. The Hall–Kier alpha value is -0.790. The number of hydrogen-bond acceptors (Lipinski definition) is 3. The van der Waals surface area contributed by atoms with Gasteiger partial charge in [-0.05, 0) is 43.4 Å². The van der Waals surface area contributed by atoms with Gasteiger partial charge < -0.3 is 16.2 Å². The van der Waals surface area contributed by atoms with Gasteiger partial charge in [0.25, 0.3) is 0 Å². The molecule has 0 aromatic heterocycles. The average Bonchev–Trinajstić information content (AvgIpc) is 2.40. The largest absolute Gasteiger partial charge is 0.418 e. The van der Waals surface area contributed by atoms with Gasteiger partial charge in [0.15, 0.2) is 0 Å². The number of halogens is 4. The van der Waals surface area contributed by atoms with Gasteiger partial charge in [-0.15, -0.1) is 0 Å². The Bertz CT molecular complexity index is 500. The number of nitrogen functional groups attached to an aromatic ring is 1. The predicted octanol–water partition coefficient (Wildman–Crippen LogP) is 3.44. The fraction of sp³-hybridized carbons (Fsp3) is 0.571. The summed E-state index contributed by atoms with van der Waals surface area (Å²) >= 11 is 3.10. The number of alkyl halides is 3. The van der Waals surface area contributed by atoms with Crippen molar-refractivity contribution in [2.45, 2.75) is 50.6 Å². The number of benzene rings is 1. The van der Waals surface area contributed by atoms with Crippen molar-refractivity contribution in [1.82, 2.24) is 5.32 Å². The van der Waals surface area contributed by atoms with Crippen molar-refractivity contribution in [1.29, 1.82) is 0 Å². The summed E-state index contributed by atoms with van der Waals surface area (Å²) in [6.45, 7) is 0.287. The lowest BCUT2D eigenvalue weighted by molar-refractivity contribution is -0.137. The van der Waals surface area contributed by atoms with Gasteiger partial charge in [-0.1, -0.05) is 15.9 Å². The molecule has 0 unspecified atom stereocenters. The highest BCUT2D eigenvalue weighted by Gasteiger charge is 2.34. The second kappa shape index (κ2) is 6.54. The summed E-state index contributed by atoms with van der Waals surface area (Å²) in [7, 11) is 0. The Morgan fingerprint density at radius 3 is 2.43 bits per heavy atom. The van der Waals surface area contributed by atoms with E-state index in [-0.39, 0.29) is 24.4 Å². The Kier molecular flexibility index (Phi) is 5.16. The van der Waals surface area contributed by atoms with Gasteiger partial charge in [-0.2, -0.15) is 13.2 Å². The number of nitrogens with two attached hydrogens (primary N) is 1. The molecule has 0 spiro atoms. The first-order valence-electron chi connectivity index (χ1n) is 6.84. The van der Waals surface area contributed by atoms with Crippen LogP contribution in [0.2, 0.25) is 0 Å². The summed E-state index contributed by atoms with van der Waals surface area (Å²) in [6, 6.07) is 2.81. The fourth-order valence-corrected chi connectivity index (χ4v) is 3.09. The first-order chi connectivity index (χ1) is 9.77. The van der Waals surface area contributed by atoms with Crippen LogP contribution in [0, 0.1) is 0 Å². The second-order valence-electron chi connectivity index (χ2n) is 5.41. The summed E-state index contributed by atoms with van der Waals surface area (Å²) in [5.41, 5.74) is 5.05. The molecule has 7 heteroatoms. The summed E-state index contributed by atoms with van der Waals surface area (Å²) in [4.78, 5) is 0. The van der Waals surface area contributed by atoms with Crippen LogP contribution in [0.1, 0.15) is 36.8 Å². The van der Waals surface area contributed by atoms with Gasteiger partial charge in [0, 0.05) is 22.7 Å². The number of aliphatic hydroxyl groups is 1. The molecule has 1 fully saturated rings. The first-order valence-corrected chi connectivity index (χ1v) is 7.63. The van der Waals surface area contributed by atoms with Gasteiger partial charge in [0.05, 0.1) is 11.7 Å². The summed E-state index contributed by atoms with van der Waals surface area (Å²) in [6.07, 6.45) is -1.63. The third-order valence-corrected chi connectivity index (χ3v) is 4.27. The maximum absolute atomic E-state index is 12.9. The smallest absolute Gasteiger partial charge is 0.398 e. The zero-order chi connectivity index (χ0) is 15.6. The Balaban J connectivity index is 2.08. The van der Waals surface area contributed by atoms with Crippen molar-refractivity contribution in [3.8, 4) is 0 Å². The van der Waals surface area contributed by atoms with Gasteiger partial charge in [-0.25, -0.2) is 0 Å². The van der Waals surface area contributed by atoms with E-state index in [1.165, 1.54) is 0 Å². The number of aliphatic hydroxyl groups excluding tert-OH is 1. The molecule has 21 heavy (non-hydrogen) atoms. The minimum Gasteiger partial charge on any atom is -0.398 e. The number of nitrogens with one attached hydrogen (secondary N) is 1. The number of hydrogen-bond donors (Lipinski definition) is 3. The normalized spacial score (nSPS) is 23.3. The van der Waals surface area contributed by atoms with E-state index in [2.05, 4.69) is 21.2 Å². The second-order valence-corrected chi connectivity index (χ2v) is 6.33. The van der Waals surface area contributed by atoms with E-state index in [0.717, 1.165) is 31.7 Å². The molecule has 3 nitrogen and oxygen atoms in total. The SMILES string of the molecule is Nc1c(CN[C@H]2CC[C@H](O)CC2)cc(Br)cc1C(F)(F)F. The molecule has 0 radical (unpaired) electrons. The van der Waals surface area contributed by atoms with Crippen molar-refractivity contribution in [3.63, 3.8) is 0 Å². The van der Waals surface area contributed by atoms with E-state index >= 15 is 0 Å². The lowest BCUT2D eigenvalue weighted by Crippen LogP contribution is -2.34. The molecule has 0 aliphatic heterocycles. The van der Waals surface area contributed by atoms with E-state index in [4.69, 9.17) is 5.73 Å². The van der Waals surface area contributed by atoms with Crippen LogP contribution in [0.5, 0.6) is 0 Å². The third kappa shape index (κ3) is 4.34. The summed E-state index contributed by atoms with van der Waals surface area (Å²) in [5, 5.41) is 12.7. The highest BCUT2D eigenvalue weighted by Crippen LogP contribution is 2.37. The van der Waals surface area contributed by atoms with E-state index in [0.29, 0.717) is 10.0 Å². The lowest BCUT2D eigenvalue weighted by atomic mass is 9.93. The first kappa shape index (κ1) is 16.6. The lowest BCUT2D eigenvalue weighted by Gasteiger charge is -2.26. The Labute approximate surface area is 129 Å². The van der Waals surface area contributed by atoms with Crippen molar-refractivity contribution in [2.24, 2.45) is 0 Å². The average molecular weight is 367 g/mol.